The number of hydrogen-bond acceptors (Lipinski definition) is 6. The van der Waals surface area contributed by atoms with Crippen LogP contribution in [-0.2, 0) is 19.6 Å². The third kappa shape index (κ3) is 6.04. The van der Waals surface area contributed by atoms with Crippen LogP contribution in [0.25, 0.3) is 0 Å². The van der Waals surface area contributed by atoms with E-state index in [1.165, 1.54) is 36.2 Å². The Hall–Kier alpha value is -3.42. The van der Waals surface area contributed by atoms with Crippen molar-refractivity contribution in [1.82, 2.24) is 9.21 Å². The van der Waals surface area contributed by atoms with E-state index in [-0.39, 0.29) is 17.4 Å². The van der Waals surface area contributed by atoms with Crippen LogP contribution in [-0.4, -0.2) is 63.7 Å². The van der Waals surface area contributed by atoms with Gasteiger partial charge in [-0.2, -0.15) is 9.57 Å². The lowest BCUT2D eigenvalue weighted by Crippen LogP contribution is -2.34. The van der Waals surface area contributed by atoms with E-state index in [2.05, 4.69) is 5.32 Å². The van der Waals surface area contributed by atoms with Crippen molar-refractivity contribution in [2.45, 2.75) is 4.90 Å². The highest BCUT2D eigenvalue weighted by Gasteiger charge is 2.23. The molecular formula is C20H22N4O5S. The molecule has 0 bridgehead atoms. The van der Waals surface area contributed by atoms with Crippen LogP contribution in [0.4, 0.5) is 5.69 Å². The number of carbonyl (C=O) groups excluding carboxylic acids is 2. The van der Waals surface area contributed by atoms with Crippen LogP contribution in [0.1, 0.15) is 5.56 Å². The number of hydrogen-bond donors (Lipinski definition) is 1. The van der Waals surface area contributed by atoms with Gasteiger partial charge in [0.2, 0.25) is 15.9 Å². The number of carbonyl (C=O) groups is 2. The maximum atomic E-state index is 12.6. The lowest BCUT2D eigenvalue weighted by molar-refractivity contribution is -0.130. The third-order valence-electron chi connectivity index (χ3n) is 4.06. The van der Waals surface area contributed by atoms with Gasteiger partial charge in [-0.15, -0.1) is 0 Å². The topological polar surface area (TPSA) is 120 Å². The standard InChI is InChI=1S/C20H22N4O5S/c1-23(2)20(26)14-29-17-8-6-16(7-9-17)22-19(25)13-24(3)30(27,28)18-10-4-15(12-21)5-11-18/h4-11H,13-14H2,1-3H3,(H,22,25). The first-order valence-corrected chi connectivity index (χ1v) is 10.3. The van der Waals surface area contributed by atoms with Gasteiger partial charge in [0.25, 0.3) is 5.91 Å². The van der Waals surface area contributed by atoms with Crippen molar-refractivity contribution in [1.29, 1.82) is 5.26 Å². The van der Waals surface area contributed by atoms with Gasteiger partial charge < -0.3 is 15.0 Å². The van der Waals surface area contributed by atoms with Crippen LogP contribution in [0.15, 0.2) is 53.4 Å². The lowest BCUT2D eigenvalue weighted by atomic mass is 10.2. The molecular weight excluding hydrogens is 408 g/mol. The van der Waals surface area contributed by atoms with Gasteiger partial charge in [-0.3, -0.25) is 9.59 Å². The van der Waals surface area contributed by atoms with Gasteiger partial charge in [0.15, 0.2) is 6.61 Å². The zero-order valence-electron chi connectivity index (χ0n) is 16.8. The zero-order valence-corrected chi connectivity index (χ0v) is 17.6. The van der Waals surface area contributed by atoms with Crippen molar-refractivity contribution in [3.8, 4) is 11.8 Å². The molecule has 0 unspecified atom stereocenters. The van der Waals surface area contributed by atoms with Crippen molar-refractivity contribution in [2.24, 2.45) is 0 Å². The molecule has 0 atom stereocenters. The van der Waals surface area contributed by atoms with E-state index >= 15 is 0 Å². The van der Waals surface area contributed by atoms with Gasteiger partial charge in [0.1, 0.15) is 5.75 Å². The summed E-state index contributed by atoms with van der Waals surface area (Å²) in [6.45, 7) is -0.491. The molecule has 0 aromatic heterocycles. The Morgan fingerprint density at radius 3 is 2.17 bits per heavy atom. The molecule has 2 rings (SSSR count). The van der Waals surface area contributed by atoms with Crippen LogP contribution in [0, 0.1) is 11.3 Å². The monoisotopic (exact) mass is 430 g/mol. The fourth-order valence-corrected chi connectivity index (χ4v) is 3.40. The summed E-state index contributed by atoms with van der Waals surface area (Å²) in [7, 11) is 0.680. The SMILES string of the molecule is CN(C)C(=O)COc1ccc(NC(=O)CN(C)S(=O)(=O)c2ccc(C#N)cc2)cc1. The number of likely N-dealkylation sites (N-methyl/N-ethyl adjacent to an activating group) is 2. The maximum absolute atomic E-state index is 12.6. The number of sulfonamides is 1. The van der Waals surface area contributed by atoms with E-state index in [4.69, 9.17) is 10.00 Å². The molecule has 10 heteroatoms. The molecule has 0 fully saturated rings. The number of ether oxygens (including phenoxy) is 1. The quantitative estimate of drug-likeness (QED) is 0.674. The number of amides is 2. The fourth-order valence-electron chi connectivity index (χ4n) is 2.28. The van der Waals surface area contributed by atoms with Crippen LogP contribution in [0.5, 0.6) is 5.75 Å². The second kappa shape index (κ2) is 9.87. The summed E-state index contributed by atoms with van der Waals surface area (Å²) in [4.78, 5) is 25.2. The molecule has 0 spiro atoms. The largest absolute Gasteiger partial charge is 0.484 e. The average molecular weight is 430 g/mol. The summed E-state index contributed by atoms with van der Waals surface area (Å²) in [6, 6.07) is 13.7. The Kier molecular flexibility index (Phi) is 7.52. The van der Waals surface area contributed by atoms with Crippen LogP contribution < -0.4 is 10.1 Å². The van der Waals surface area contributed by atoms with E-state index in [0.29, 0.717) is 17.0 Å². The molecule has 2 aromatic carbocycles. The molecule has 0 aliphatic rings. The second-order valence-corrected chi connectivity index (χ2v) is 8.59. The van der Waals surface area contributed by atoms with Crippen molar-refractivity contribution in [3.05, 3.63) is 54.1 Å². The summed E-state index contributed by atoms with van der Waals surface area (Å²) in [5.74, 6) is -0.242. The fraction of sp³-hybridized carbons (Fsp3) is 0.250. The molecule has 158 valence electrons. The van der Waals surface area contributed by atoms with E-state index in [1.807, 2.05) is 6.07 Å². The Morgan fingerprint density at radius 1 is 1.03 bits per heavy atom. The highest BCUT2D eigenvalue weighted by atomic mass is 32.2. The summed E-state index contributed by atoms with van der Waals surface area (Å²) >= 11 is 0. The van der Waals surface area contributed by atoms with Crippen molar-refractivity contribution in [3.63, 3.8) is 0 Å². The molecule has 2 amide bonds. The van der Waals surface area contributed by atoms with E-state index < -0.39 is 22.5 Å². The van der Waals surface area contributed by atoms with Crippen molar-refractivity contribution >= 4 is 27.5 Å². The first-order chi connectivity index (χ1) is 14.1. The van der Waals surface area contributed by atoms with Gasteiger partial charge in [-0.05, 0) is 48.5 Å². The molecule has 0 radical (unpaired) electrons. The van der Waals surface area contributed by atoms with Crippen molar-refractivity contribution in [2.75, 3.05) is 39.6 Å². The first-order valence-electron chi connectivity index (χ1n) is 8.83. The van der Waals surface area contributed by atoms with E-state index in [0.717, 1.165) is 4.31 Å². The third-order valence-corrected chi connectivity index (χ3v) is 5.87. The maximum Gasteiger partial charge on any atom is 0.259 e. The molecule has 30 heavy (non-hydrogen) atoms. The number of nitrogens with one attached hydrogen (secondary N) is 1. The normalized spacial score (nSPS) is 10.9. The van der Waals surface area contributed by atoms with Crippen molar-refractivity contribution < 1.29 is 22.7 Å². The highest BCUT2D eigenvalue weighted by molar-refractivity contribution is 7.89. The minimum Gasteiger partial charge on any atom is -0.484 e. The number of anilines is 1. The Bertz CT molecular complexity index is 1040. The number of nitrogens with zero attached hydrogens (tertiary/aromatic N) is 3. The second-order valence-electron chi connectivity index (χ2n) is 6.55. The predicted octanol–water partition coefficient (Wildman–Crippen LogP) is 1.28. The molecule has 0 heterocycles. The Labute approximate surface area is 175 Å². The van der Waals surface area contributed by atoms with E-state index in [1.54, 1.807) is 38.4 Å². The summed E-state index contributed by atoms with van der Waals surface area (Å²) in [5, 5.41) is 11.4. The highest BCUT2D eigenvalue weighted by Crippen LogP contribution is 2.17. The lowest BCUT2D eigenvalue weighted by Gasteiger charge is -2.17. The predicted molar refractivity (Wildman–Crippen MR) is 110 cm³/mol. The Balaban J connectivity index is 1.94. The van der Waals surface area contributed by atoms with Gasteiger partial charge in [-0.1, -0.05) is 0 Å². The summed E-state index contributed by atoms with van der Waals surface area (Å²) in [5.41, 5.74) is 0.795. The van der Waals surface area contributed by atoms with Crippen LogP contribution in [0.3, 0.4) is 0 Å². The smallest absolute Gasteiger partial charge is 0.259 e. The summed E-state index contributed by atoms with van der Waals surface area (Å²) in [6.07, 6.45) is 0. The minimum absolute atomic E-state index is 0.00873. The van der Waals surface area contributed by atoms with E-state index in [9.17, 15) is 18.0 Å². The van der Waals surface area contributed by atoms with Crippen LogP contribution in [0.2, 0.25) is 0 Å². The number of nitriles is 1. The van der Waals surface area contributed by atoms with Gasteiger partial charge in [0.05, 0.1) is 23.1 Å². The van der Waals surface area contributed by atoms with Gasteiger partial charge in [0, 0.05) is 26.8 Å². The number of benzene rings is 2. The number of rotatable bonds is 8. The van der Waals surface area contributed by atoms with Crippen LogP contribution >= 0.6 is 0 Å². The summed E-state index contributed by atoms with van der Waals surface area (Å²) < 4.78 is 31.4. The van der Waals surface area contributed by atoms with Gasteiger partial charge >= 0.3 is 0 Å². The molecule has 9 nitrogen and oxygen atoms in total. The molecule has 0 aliphatic heterocycles. The van der Waals surface area contributed by atoms with Gasteiger partial charge in [-0.25, -0.2) is 8.42 Å². The molecule has 1 N–H and O–H groups in total. The zero-order chi connectivity index (χ0) is 22.3. The molecule has 0 saturated carbocycles. The molecule has 2 aromatic rings. The average Bonchev–Trinajstić information content (AvgIpc) is 2.72. The first kappa shape index (κ1) is 22.9. The Morgan fingerprint density at radius 2 is 1.63 bits per heavy atom. The molecule has 0 saturated heterocycles. The minimum atomic E-state index is -3.87. The molecule has 0 aliphatic carbocycles.